The van der Waals surface area contributed by atoms with Crippen molar-refractivity contribution in [3.63, 3.8) is 0 Å². The standard InChI is InChI=1S/C17H24F2N2O4/c1-23-15-11-12(3-4-14(15)25-17(18)19)16(22)21-8-5-13(6-9-21)24-10-2-7-20/h3-4,11,13,17H,2,5-10,20H2,1H3. The Kier molecular flexibility index (Phi) is 7.39. The second-order valence-corrected chi connectivity index (χ2v) is 5.75. The normalized spacial score (nSPS) is 15.5. The first kappa shape index (κ1) is 19.4. The lowest BCUT2D eigenvalue weighted by molar-refractivity contribution is -0.0512. The van der Waals surface area contributed by atoms with Gasteiger partial charge in [0.15, 0.2) is 11.5 Å². The lowest BCUT2D eigenvalue weighted by Gasteiger charge is -2.32. The van der Waals surface area contributed by atoms with E-state index in [1.807, 2.05) is 0 Å². The first-order valence-electron chi connectivity index (χ1n) is 8.29. The molecule has 25 heavy (non-hydrogen) atoms. The molecule has 0 aliphatic carbocycles. The average Bonchev–Trinajstić information content (AvgIpc) is 2.62. The summed E-state index contributed by atoms with van der Waals surface area (Å²) in [4.78, 5) is 14.3. The molecular weight excluding hydrogens is 334 g/mol. The molecule has 0 radical (unpaired) electrons. The van der Waals surface area contributed by atoms with Gasteiger partial charge in [0.1, 0.15) is 0 Å². The van der Waals surface area contributed by atoms with Crippen LogP contribution in [0.3, 0.4) is 0 Å². The van der Waals surface area contributed by atoms with E-state index >= 15 is 0 Å². The number of nitrogens with two attached hydrogens (primary N) is 1. The third kappa shape index (κ3) is 5.54. The van der Waals surface area contributed by atoms with Gasteiger partial charge in [-0.3, -0.25) is 4.79 Å². The summed E-state index contributed by atoms with van der Waals surface area (Å²) in [6, 6.07) is 4.21. The molecule has 140 valence electrons. The molecule has 1 heterocycles. The number of nitrogens with zero attached hydrogens (tertiary/aromatic N) is 1. The van der Waals surface area contributed by atoms with Crippen LogP contribution in [0.25, 0.3) is 0 Å². The highest BCUT2D eigenvalue weighted by molar-refractivity contribution is 5.95. The Morgan fingerprint density at radius 3 is 2.64 bits per heavy atom. The first-order valence-corrected chi connectivity index (χ1v) is 8.29. The van der Waals surface area contributed by atoms with E-state index in [0.29, 0.717) is 31.8 Å². The third-order valence-electron chi connectivity index (χ3n) is 4.06. The Bertz CT molecular complexity index is 564. The zero-order valence-electron chi connectivity index (χ0n) is 14.2. The van der Waals surface area contributed by atoms with Crippen molar-refractivity contribution in [3.05, 3.63) is 23.8 Å². The van der Waals surface area contributed by atoms with E-state index in [1.54, 1.807) is 4.90 Å². The van der Waals surface area contributed by atoms with E-state index in [-0.39, 0.29) is 23.5 Å². The van der Waals surface area contributed by atoms with Crippen molar-refractivity contribution in [1.29, 1.82) is 0 Å². The molecular formula is C17H24F2N2O4. The predicted octanol–water partition coefficient (Wildman–Crippen LogP) is 2.27. The minimum atomic E-state index is -2.95. The summed E-state index contributed by atoms with van der Waals surface area (Å²) in [7, 11) is 1.34. The fourth-order valence-corrected chi connectivity index (χ4v) is 2.74. The van der Waals surface area contributed by atoms with Gasteiger partial charge >= 0.3 is 6.61 Å². The Morgan fingerprint density at radius 2 is 2.04 bits per heavy atom. The number of carbonyl (C=O) groups excluding carboxylic acids is 1. The van der Waals surface area contributed by atoms with Gasteiger partial charge in [0.05, 0.1) is 13.2 Å². The Balaban J connectivity index is 1.94. The molecule has 2 rings (SSSR count). The molecule has 2 N–H and O–H groups in total. The maximum Gasteiger partial charge on any atom is 0.387 e. The number of halogens is 2. The van der Waals surface area contributed by atoms with Crippen molar-refractivity contribution in [3.8, 4) is 11.5 Å². The van der Waals surface area contributed by atoms with Crippen LogP contribution in [-0.4, -0.2) is 56.9 Å². The number of benzene rings is 1. The summed E-state index contributed by atoms with van der Waals surface area (Å²) in [5, 5.41) is 0. The van der Waals surface area contributed by atoms with E-state index in [2.05, 4.69) is 4.74 Å². The van der Waals surface area contributed by atoms with Gasteiger partial charge in [-0.2, -0.15) is 8.78 Å². The molecule has 1 aromatic rings. The van der Waals surface area contributed by atoms with Crippen LogP contribution < -0.4 is 15.2 Å². The Labute approximate surface area is 145 Å². The topological polar surface area (TPSA) is 74.0 Å². The summed E-state index contributed by atoms with van der Waals surface area (Å²) in [6.07, 6.45) is 2.50. The lowest BCUT2D eigenvalue weighted by atomic mass is 10.1. The fourth-order valence-electron chi connectivity index (χ4n) is 2.74. The van der Waals surface area contributed by atoms with Crippen LogP contribution in [0.15, 0.2) is 18.2 Å². The zero-order chi connectivity index (χ0) is 18.2. The zero-order valence-corrected chi connectivity index (χ0v) is 14.2. The minimum Gasteiger partial charge on any atom is -0.493 e. The molecule has 8 heteroatoms. The summed E-state index contributed by atoms with van der Waals surface area (Å²) < 4.78 is 39.9. The molecule has 0 unspecified atom stereocenters. The van der Waals surface area contributed by atoms with Crippen molar-refractivity contribution in [2.45, 2.75) is 32.0 Å². The largest absolute Gasteiger partial charge is 0.493 e. The van der Waals surface area contributed by atoms with Gasteiger partial charge in [-0.05, 0) is 44.0 Å². The number of ether oxygens (including phenoxy) is 3. The number of methoxy groups -OCH3 is 1. The van der Waals surface area contributed by atoms with Crippen LogP contribution >= 0.6 is 0 Å². The second kappa shape index (κ2) is 9.53. The predicted molar refractivity (Wildman–Crippen MR) is 88.2 cm³/mol. The molecule has 0 spiro atoms. The van der Waals surface area contributed by atoms with Crippen LogP contribution in [0, 0.1) is 0 Å². The number of piperidine rings is 1. The molecule has 0 bridgehead atoms. The van der Waals surface area contributed by atoms with Gasteiger partial charge in [0, 0.05) is 25.3 Å². The third-order valence-corrected chi connectivity index (χ3v) is 4.06. The number of amides is 1. The van der Waals surface area contributed by atoms with Gasteiger partial charge in [-0.15, -0.1) is 0 Å². The number of alkyl halides is 2. The molecule has 0 atom stereocenters. The molecule has 1 aliphatic rings. The SMILES string of the molecule is COc1cc(C(=O)N2CCC(OCCCN)CC2)ccc1OC(F)F. The van der Waals surface area contributed by atoms with E-state index < -0.39 is 6.61 Å². The molecule has 0 saturated carbocycles. The van der Waals surface area contributed by atoms with Crippen LogP contribution in [0.4, 0.5) is 8.78 Å². The van der Waals surface area contributed by atoms with Gasteiger partial charge in [-0.1, -0.05) is 0 Å². The van der Waals surface area contributed by atoms with E-state index in [0.717, 1.165) is 19.3 Å². The summed E-state index contributed by atoms with van der Waals surface area (Å²) >= 11 is 0. The van der Waals surface area contributed by atoms with Crippen LogP contribution in [0.1, 0.15) is 29.6 Å². The Hall–Kier alpha value is -1.93. The van der Waals surface area contributed by atoms with Gasteiger partial charge in [-0.25, -0.2) is 0 Å². The van der Waals surface area contributed by atoms with E-state index in [4.69, 9.17) is 15.2 Å². The van der Waals surface area contributed by atoms with Crippen molar-refractivity contribution in [1.82, 2.24) is 4.90 Å². The Morgan fingerprint density at radius 1 is 1.32 bits per heavy atom. The number of hydrogen-bond donors (Lipinski definition) is 1. The van der Waals surface area contributed by atoms with Crippen LogP contribution in [0.2, 0.25) is 0 Å². The van der Waals surface area contributed by atoms with Crippen molar-refractivity contribution < 1.29 is 27.8 Å². The highest BCUT2D eigenvalue weighted by atomic mass is 19.3. The monoisotopic (exact) mass is 358 g/mol. The average molecular weight is 358 g/mol. The van der Waals surface area contributed by atoms with Crippen LogP contribution in [-0.2, 0) is 4.74 Å². The number of likely N-dealkylation sites (tertiary alicyclic amines) is 1. The maximum atomic E-state index is 12.6. The smallest absolute Gasteiger partial charge is 0.387 e. The fraction of sp³-hybridized carbons (Fsp3) is 0.588. The molecule has 1 saturated heterocycles. The van der Waals surface area contributed by atoms with Crippen LogP contribution in [0.5, 0.6) is 11.5 Å². The number of hydrogen-bond acceptors (Lipinski definition) is 5. The van der Waals surface area contributed by atoms with Gasteiger partial charge in [0.25, 0.3) is 5.91 Å². The molecule has 1 amide bonds. The summed E-state index contributed by atoms with van der Waals surface area (Å²) in [6.45, 7) is -0.538. The molecule has 6 nitrogen and oxygen atoms in total. The molecule has 0 aromatic heterocycles. The van der Waals surface area contributed by atoms with Gasteiger partial charge in [0.2, 0.25) is 0 Å². The lowest BCUT2D eigenvalue weighted by Crippen LogP contribution is -2.41. The summed E-state index contributed by atoms with van der Waals surface area (Å²) in [5.41, 5.74) is 5.81. The highest BCUT2D eigenvalue weighted by Crippen LogP contribution is 2.30. The van der Waals surface area contributed by atoms with E-state index in [1.165, 1.54) is 25.3 Å². The number of rotatable bonds is 8. The van der Waals surface area contributed by atoms with Crippen molar-refractivity contribution in [2.24, 2.45) is 5.73 Å². The highest BCUT2D eigenvalue weighted by Gasteiger charge is 2.25. The summed E-state index contributed by atoms with van der Waals surface area (Å²) in [5.74, 6) is -0.158. The molecule has 1 aromatic carbocycles. The van der Waals surface area contributed by atoms with Gasteiger partial charge < -0.3 is 24.8 Å². The maximum absolute atomic E-state index is 12.6. The second-order valence-electron chi connectivity index (χ2n) is 5.75. The van der Waals surface area contributed by atoms with Crippen molar-refractivity contribution in [2.75, 3.05) is 33.4 Å². The van der Waals surface area contributed by atoms with Crippen molar-refractivity contribution >= 4 is 5.91 Å². The molecule has 1 aliphatic heterocycles. The molecule has 1 fully saturated rings. The quantitative estimate of drug-likeness (QED) is 0.722. The minimum absolute atomic E-state index is 0.0962. The number of carbonyl (C=O) groups is 1. The first-order chi connectivity index (χ1) is 12.0. The van der Waals surface area contributed by atoms with E-state index in [9.17, 15) is 13.6 Å².